The van der Waals surface area contributed by atoms with Gasteiger partial charge in [-0.3, -0.25) is 20.4 Å². The van der Waals surface area contributed by atoms with Crippen LogP contribution in [-0.4, -0.2) is 17.8 Å². The Morgan fingerprint density at radius 3 is 2.20 bits per heavy atom. The number of nitrogens with one attached hydrogen (secondary N) is 3. The zero-order valence-electron chi connectivity index (χ0n) is 13.2. The number of rotatable bonds is 5. The van der Waals surface area contributed by atoms with Gasteiger partial charge < -0.3 is 11.1 Å². The fourth-order valence-electron chi connectivity index (χ4n) is 2.15. The van der Waals surface area contributed by atoms with Gasteiger partial charge in [0.25, 0.3) is 5.91 Å². The highest BCUT2D eigenvalue weighted by Gasteiger charge is 2.17. The first-order valence-corrected chi connectivity index (χ1v) is 8.20. The van der Waals surface area contributed by atoms with Crippen LogP contribution in [0.4, 0.5) is 4.79 Å². The molecule has 130 valence electrons. The van der Waals surface area contributed by atoms with E-state index in [9.17, 15) is 14.4 Å². The molecule has 1 unspecified atom stereocenters. The van der Waals surface area contributed by atoms with Crippen molar-refractivity contribution in [2.45, 2.75) is 12.5 Å². The lowest BCUT2D eigenvalue weighted by atomic mass is 10.0. The third-order valence-corrected chi connectivity index (χ3v) is 3.86. The molecule has 0 bridgehead atoms. The molecule has 8 heteroatoms. The second-order valence-electron chi connectivity index (χ2n) is 5.19. The normalized spacial score (nSPS) is 11.2. The first-order chi connectivity index (χ1) is 12.0. The van der Waals surface area contributed by atoms with Crippen LogP contribution >= 0.6 is 15.9 Å². The van der Waals surface area contributed by atoms with Gasteiger partial charge in [0.05, 0.1) is 12.5 Å². The highest BCUT2D eigenvalue weighted by atomic mass is 79.9. The van der Waals surface area contributed by atoms with Crippen LogP contribution in [0.15, 0.2) is 59.1 Å². The Kier molecular flexibility index (Phi) is 6.53. The maximum atomic E-state index is 12.1. The molecule has 0 aliphatic carbocycles. The number of hydrogen-bond acceptors (Lipinski definition) is 3. The lowest BCUT2D eigenvalue weighted by molar-refractivity contribution is -0.122. The van der Waals surface area contributed by atoms with Crippen molar-refractivity contribution >= 4 is 33.8 Å². The summed E-state index contributed by atoms with van der Waals surface area (Å²) < 4.78 is 0.844. The highest BCUT2D eigenvalue weighted by molar-refractivity contribution is 9.10. The van der Waals surface area contributed by atoms with Gasteiger partial charge in [-0.05, 0) is 29.8 Å². The Morgan fingerprint density at radius 1 is 0.960 bits per heavy atom. The average Bonchev–Trinajstić information content (AvgIpc) is 2.60. The smallest absolute Gasteiger partial charge is 0.312 e. The fourth-order valence-corrected chi connectivity index (χ4v) is 2.41. The molecule has 0 saturated carbocycles. The molecule has 4 amide bonds. The minimum absolute atomic E-state index is 0.0758. The van der Waals surface area contributed by atoms with Crippen LogP contribution in [0.5, 0.6) is 0 Å². The predicted molar refractivity (Wildman–Crippen MR) is 96.3 cm³/mol. The molecule has 0 radical (unpaired) electrons. The van der Waals surface area contributed by atoms with Crippen molar-refractivity contribution in [2.75, 3.05) is 0 Å². The lowest BCUT2D eigenvalue weighted by Gasteiger charge is -2.17. The number of carbonyl (C=O) groups is 3. The van der Waals surface area contributed by atoms with E-state index in [2.05, 4.69) is 32.1 Å². The van der Waals surface area contributed by atoms with Gasteiger partial charge in [0.1, 0.15) is 0 Å². The molecule has 0 aliphatic rings. The van der Waals surface area contributed by atoms with Crippen LogP contribution in [-0.2, 0) is 4.79 Å². The van der Waals surface area contributed by atoms with Crippen molar-refractivity contribution in [3.8, 4) is 0 Å². The number of urea groups is 1. The second-order valence-corrected chi connectivity index (χ2v) is 6.10. The largest absolute Gasteiger partial charge is 0.352 e. The molecule has 7 nitrogen and oxygen atoms in total. The Hall–Kier alpha value is -2.87. The number of hydrazine groups is 1. The highest BCUT2D eigenvalue weighted by Crippen LogP contribution is 2.16. The summed E-state index contributed by atoms with van der Waals surface area (Å²) in [5.41, 5.74) is 11.0. The van der Waals surface area contributed by atoms with E-state index >= 15 is 0 Å². The van der Waals surface area contributed by atoms with E-state index in [1.807, 2.05) is 6.07 Å². The molecule has 0 aliphatic heterocycles. The Labute approximate surface area is 153 Å². The lowest BCUT2D eigenvalue weighted by Crippen LogP contribution is -2.44. The van der Waals surface area contributed by atoms with E-state index in [4.69, 9.17) is 5.73 Å². The van der Waals surface area contributed by atoms with Crippen molar-refractivity contribution in [3.63, 3.8) is 0 Å². The summed E-state index contributed by atoms with van der Waals surface area (Å²) in [5, 5.41) is 2.51. The number of benzene rings is 2. The SMILES string of the molecule is NC(=O)NC(CC(=O)NNC(=O)c1ccc(Br)cc1)c1ccccc1. The molecule has 0 heterocycles. The number of hydrogen-bond donors (Lipinski definition) is 4. The van der Waals surface area contributed by atoms with Gasteiger partial charge in [0.2, 0.25) is 5.91 Å². The third-order valence-electron chi connectivity index (χ3n) is 3.33. The van der Waals surface area contributed by atoms with Crippen molar-refractivity contribution in [1.29, 1.82) is 0 Å². The number of nitrogens with two attached hydrogens (primary N) is 1. The molecular formula is C17H17BrN4O3. The minimum Gasteiger partial charge on any atom is -0.352 e. The number of carbonyl (C=O) groups excluding carboxylic acids is 3. The standard InChI is InChI=1S/C17H17BrN4O3/c18-13-8-6-12(7-9-13)16(24)22-21-15(23)10-14(20-17(19)25)11-4-2-1-3-5-11/h1-9,14H,10H2,(H,21,23)(H,22,24)(H3,19,20,25). The van der Waals surface area contributed by atoms with Crippen LogP contribution in [0.2, 0.25) is 0 Å². The Bertz CT molecular complexity index is 750. The van der Waals surface area contributed by atoms with Crippen molar-refractivity contribution in [3.05, 3.63) is 70.2 Å². The topological polar surface area (TPSA) is 113 Å². The van der Waals surface area contributed by atoms with E-state index < -0.39 is 23.9 Å². The maximum absolute atomic E-state index is 12.1. The van der Waals surface area contributed by atoms with Crippen molar-refractivity contribution in [1.82, 2.24) is 16.2 Å². The van der Waals surface area contributed by atoms with E-state index in [0.717, 1.165) is 10.0 Å². The summed E-state index contributed by atoms with van der Waals surface area (Å²) in [4.78, 5) is 35.2. The Morgan fingerprint density at radius 2 is 1.60 bits per heavy atom. The van der Waals surface area contributed by atoms with Crippen molar-refractivity contribution < 1.29 is 14.4 Å². The number of halogens is 1. The molecule has 0 spiro atoms. The molecule has 2 aromatic rings. The summed E-state index contributed by atoms with van der Waals surface area (Å²) in [6.45, 7) is 0. The molecule has 1 atom stereocenters. The van der Waals surface area contributed by atoms with Crippen LogP contribution < -0.4 is 21.9 Å². The molecule has 2 aromatic carbocycles. The maximum Gasteiger partial charge on any atom is 0.312 e. The number of primary amides is 1. The first-order valence-electron chi connectivity index (χ1n) is 7.41. The van der Waals surface area contributed by atoms with Gasteiger partial charge >= 0.3 is 6.03 Å². The monoisotopic (exact) mass is 404 g/mol. The molecule has 25 heavy (non-hydrogen) atoms. The predicted octanol–water partition coefficient (Wildman–Crippen LogP) is 2.01. The van der Waals surface area contributed by atoms with Crippen LogP contribution in [0, 0.1) is 0 Å². The molecular weight excluding hydrogens is 388 g/mol. The molecule has 5 N–H and O–H groups in total. The zero-order valence-corrected chi connectivity index (χ0v) is 14.7. The minimum atomic E-state index is -0.736. The molecule has 0 saturated heterocycles. The van der Waals surface area contributed by atoms with Gasteiger partial charge in [-0.15, -0.1) is 0 Å². The van der Waals surface area contributed by atoms with Gasteiger partial charge in [-0.25, -0.2) is 4.79 Å². The average molecular weight is 405 g/mol. The van der Waals surface area contributed by atoms with Crippen LogP contribution in [0.3, 0.4) is 0 Å². The third kappa shape index (κ3) is 5.92. The summed E-state index contributed by atoms with van der Waals surface area (Å²) in [6.07, 6.45) is -0.0758. The summed E-state index contributed by atoms with van der Waals surface area (Å²) >= 11 is 3.28. The summed E-state index contributed by atoms with van der Waals surface area (Å²) in [6, 6.07) is 14.3. The molecule has 0 fully saturated rings. The van der Waals surface area contributed by atoms with Crippen molar-refractivity contribution in [2.24, 2.45) is 5.73 Å². The van der Waals surface area contributed by atoms with E-state index in [1.165, 1.54) is 0 Å². The molecule has 2 rings (SSSR count). The van der Waals surface area contributed by atoms with E-state index in [0.29, 0.717) is 5.56 Å². The van der Waals surface area contributed by atoms with Gasteiger partial charge in [0.15, 0.2) is 0 Å². The van der Waals surface area contributed by atoms with E-state index in [-0.39, 0.29) is 6.42 Å². The molecule has 0 aromatic heterocycles. The fraction of sp³-hybridized carbons (Fsp3) is 0.118. The first kappa shape index (κ1) is 18.5. The van der Waals surface area contributed by atoms with Gasteiger partial charge in [0, 0.05) is 10.0 Å². The zero-order chi connectivity index (χ0) is 18.2. The Balaban J connectivity index is 1.93. The second kappa shape index (κ2) is 8.84. The number of amides is 4. The van der Waals surface area contributed by atoms with Gasteiger partial charge in [-0.1, -0.05) is 46.3 Å². The van der Waals surface area contributed by atoms with Crippen LogP contribution in [0.1, 0.15) is 28.4 Å². The quantitative estimate of drug-likeness (QED) is 0.571. The van der Waals surface area contributed by atoms with Gasteiger partial charge in [-0.2, -0.15) is 0 Å². The van der Waals surface area contributed by atoms with E-state index in [1.54, 1.807) is 48.5 Å². The van der Waals surface area contributed by atoms with Crippen LogP contribution in [0.25, 0.3) is 0 Å². The summed E-state index contributed by atoms with van der Waals surface area (Å²) in [5.74, 6) is -0.909. The summed E-state index contributed by atoms with van der Waals surface area (Å²) in [7, 11) is 0.